The van der Waals surface area contributed by atoms with Gasteiger partial charge in [-0.1, -0.05) is 18.8 Å². The number of carbonyl (C=O) groups is 2. The fourth-order valence-electron chi connectivity index (χ4n) is 5.49. The number of alkyl halides is 6. The molecule has 1 aliphatic heterocycles. The fourth-order valence-corrected chi connectivity index (χ4v) is 5.49. The Kier molecular flexibility index (Phi) is 10.9. The van der Waals surface area contributed by atoms with Crippen LogP contribution in [0.1, 0.15) is 39.6 Å². The highest BCUT2D eigenvalue weighted by molar-refractivity contribution is 6.05. The number of piperidine rings is 1. The number of fused-ring (bicyclic) bond motifs is 1. The van der Waals surface area contributed by atoms with Crippen molar-refractivity contribution in [1.29, 1.82) is 0 Å². The molecule has 47 heavy (non-hydrogen) atoms. The molecule has 0 radical (unpaired) electrons. The van der Waals surface area contributed by atoms with Gasteiger partial charge in [-0.05, 0) is 30.5 Å². The molecular weight excluding hydrogens is 637 g/mol. The van der Waals surface area contributed by atoms with Crippen molar-refractivity contribution >= 4 is 28.5 Å². The van der Waals surface area contributed by atoms with Gasteiger partial charge in [0.25, 0.3) is 17.7 Å². The number of nitrogens with one attached hydrogen (secondary N) is 3. The molecule has 16 heteroatoms. The zero-order valence-electron chi connectivity index (χ0n) is 25.7. The van der Waals surface area contributed by atoms with Crippen molar-refractivity contribution in [1.82, 2.24) is 25.1 Å². The summed E-state index contributed by atoms with van der Waals surface area (Å²) in [5, 5.41) is 7.55. The van der Waals surface area contributed by atoms with Crippen LogP contribution in [0, 0.1) is 23.6 Å². The average Bonchev–Trinajstić information content (AvgIpc) is 3.40. The number of halogens is 7. The van der Waals surface area contributed by atoms with E-state index in [1.165, 1.54) is 44.2 Å². The largest absolute Gasteiger partial charge is 0.494 e. The molecule has 2 heterocycles. The summed E-state index contributed by atoms with van der Waals surface area (Å²) in [6.45, 7) is -1.04. The monoisotopic (exact) mass is 670 g/mol. The zero-order chi connectivity index (χ0) is 34.5. The highest BCUT2D eigenvalue weighted by Crippen LogP contribution is 2.32. The number of hydrogen-bond acceptors (Lipinski definition) is 6. The van der Waals surface area contributed by atoms with Gasteiger partial charge in [0.05, 0.1) is 61.6 Å². The number of aromatic nitrogens is 2. The number of methoxy groups -OCH3 is 1. The predicted molar refractivity (Wildman–Crippen MR) is 160 cm³/mol. The maximum atomic E-state index is 15.2. The molecular formula is C31H33F7N6O3. The second kappa shape index (κ2) is 14.5. The summed E-state index contributed by atoms with van der Waals surface area (Å²) in [5.74, 6) is -1.01. The van der Waals surface area contributed by atoms with Crippen molar-refractivity contribution in [3.05, 3.63) is 53.1 Å². The van der Waals surface area contributed by atoms with Gasteiger partial charge < -0.3 is 25.3 Å². The third-order valence-corrected chi connectivity index (χ3v) is 7.58. The van der Waals surface area contributed by atoms with Gasteiger partial charge in [-0.15, -0.1) is 0 Å². The fraction of sp³-hybridized carbons (Fsp3) is 0.452. The molecule has 3 aromatic rings. The second-order valence-electron chi connectivity index (χ2n) is 11.1. The maximum absolute atomic E-state index is 15.2. The molecule has 4 rings (SSSR count). The lowest BCUT2D eigenvalue weighted by Gasteiger charge is -2.42. The van der Waals surface area contributed by atoms with Crippen molar-refractivity contribution in [3.8, 4) is 17.6 Å². The Balaban J connectivity index is 1.63. The number of anilines is 1. The van der Waals surface area contributed by atoms with Gasteiger partial charge in [0.1, 0.15) is 23.6 Å². The van der Waals surface area contributed by atoms with Gasteiger partial charge >= 0.3 is 6.18 Å². The number of benzene rings is 2. The van der Waals surface area contributed by atoms with Gasteiger partial charge in [-0.25, -0.2) is 18.2 Å². The Labute approximate surface area is 265 Å². The van der Waals surface area contributed by atoms with E-state index in [0.29, 0.717) is 0 Å². The SMILES string of the molecule is CNC(=O)c1cc(NCC#Cc2cc(C(=O)N[C@@H]3[C@@H](C)CN(CCCF)CC3(F)F)c3ncn(CC(F)(F)F)c3c2)c(OC)cc1F. The summed E-state index contributed by atoms with van der Waals surface area (Å²) in [4.78, 5) is 30.9. The number of imidazole rings is 1. The molecule has 1 fully saturated rings. The molecule has 0 aliphatic carbocycles. The molecule has 3 N–H and O–H groups in total. The van der Waals surface area contributed by atoms with Crippen LogP contribution in [-0.2, 0) is 6.54 Å². The molecule has 1 saturated heterocycles. The summed E-state index contributed by atoms with van der Waals surface area (Å²) in [7, 11) is 2.63. The van der Waals surface area contributed by atoms with Crippen LogP contribution in [0.25, 0.3) is 11.0 Å². The predicted octanol–water partition coefficient (Wildman–Crippen LogP) is 4.61. The minimum absolute atomic E-state index is 0.0765. The van der Waals surface area contributed by atoms with Gasteiger partial charge in [0.15, 0.2) is 0 Å². The van der Waals surface area contributed by atoms with E-state index in [9.17, 15) is 31.5 Å². The van der Waals surface area contributed by atoms with Gasteiger partial charge in [-0.2, -0.15) is 13.2 Å². The van der Waals surface area contributed by atoms with Gasteiger partial charge in [0, 0.05) is 31.8 Å². The zero-order valence-corrected chi connectivity index (χ0v) is 25.7. The van der Waals surface area contributed by atoms with Crippen LogP contribution in [0.5, 0.6) is 5.75 Å². The third-order valence-electron chi connectivity index (χ3n) is 7.58. The van der Waals surface area contributed by atoms with Crippen molar-refractivity contribution in [2.24, 2.45) is 5.92 Å². The summed E-state index contributed by atoms with van der Waals surface area (Å²) < 4.78 is 103. The Morgan fingerprint density at radius 1 is 1.15 bits per heavy atom. The van der Waals surface area contributed by atoms with Crippen molar-refractivity contribution < 1.29 is 45.1 Å². The lowest BCUT2D eigenvalue weighted by molar-refractivity contribution is -0.140. The van der Waals surface area contributed by atoms with Crippen molar-refractivity contribution in [2.45, 2.75) is 38.0 Å². The molecule has 1 aliphatic rings. The lowest BCUT2D eigenvalue weighted by atomic mass is 9.90. The lowest BCUT2D eigenvalue weighted by Crippen LogP contribution is -2.62. The van der Waals surface area contributed by atoms with Gasteiger partial charge in [0.2, 0.25) is 0 Å². The first-order valence-electron chi connectivity index (χ1n) is 14.5. The summed E-state index contributed by atoms with van der Waals surface area (Å²) in [5.41, 5.74) is -0.419. The highest BCUT2D eigenvalue weighted by atomic mass is 19.4. The van der Waals surface area contributed by atoms with E-state index in [1.807, 2.05) is 0 Å². The van der Waals surface area contributed by atoms with E-state index < -0.39 is 61.5 Å². The number of carbonyl (C=O) groups excluding carboxylic acids is 2. The minimum Gasteiger partial charge on any atom is -0.494 e. The molecule has 0 bridgehead atoms. The van der Waals surface area contributed by atoms with Crippen molar-refractivity contribution in [3.63, 3.8) is 0 Å². The molecule has 2 aromatic carbocycles. The molecule has 254 valence electrons. The van der Waals surface area contributed by atoms with Crippen LogP contribution >= 0.6 is 0 Å². The molecule has 2 atom stereocenters. The quantitative estimate of drug-likeness (QED) is 0.215. The Hall–Kier alpha value is -4.52. The molecule has 1 aromatic heterocycles. The Morgan fingerprint density at radius 2 is 1.89 bits per heavy atom. The molecule has 2 amide bonds. The number of hydrogen-bond donors (Lipinski definition) is 3. The summed E-state index contributed by atoms with van der Waals surface area (Å²) >= 11 is 0. The number of likely N-dealkylation sites (tertiary alicyclic amines) is 1. The summed E-state index contributed by atoms with van der Waals surface area (Å²) in [6, 6.07) is 3.17. The van der Waals surface area contributed by atoms with E-state index in [2.05, 4.69) is 32.8 Å². The first-order valence-corrected chi connectivity index (χ1v) is 14.5. The Bertz CT molecular complexity index is 1680. The first-order chi connectivity index (χ1) is 22.2. The van der Waals surface area contributed by atoms with Crippen LogP contribution in [0.2, 0.25) is 0 Å². The van der Waals surface area contributed by atoms with Crippen LogP contribution in [0.4, 0.5) is 36.4 Å². The van der Waals surface area contributed by atoms with Crippen LogP contribution in [-0.4, -0.2) is 91.4 Å². The van der Waals surface area contributed by atoms with E-state index in [4.69, 9.17) is 4.74 Å². The van der Waals surface area contributed by atoms with E-state index >= 15 is 8.78 Å². The molecule has 0 spiro atoms. The number of rotatable bonds is 10. The average molecular weight is 671 g/mol. The molecule has 0 unspecified atom stereocenters. The first kappa shape index (κ1) is 35.3. The van der Waals surface area contributed by atoms with Crippen LogP contribution in [0.15, 0.2) is 30.6 Å². The minimum atomic E-state index is -4.63. The normalized spacial score (nSPS) is 17.9. The number of ether oxygens (including phenoxy) is 1. The van der Waals surface area contributed by atoms with Crippen LogP contribution < -0.4 is 20.7 Å². The van der Waals surface area contributed by atoms with E-state index in [0.717, 1.165) is 17.0 Å². The number of amides is 2. The smallest absolute Gasteiger partial charge is 0.406 e. The standard InChI is InChI=1S/C31H33F7N6O3/c1-18-14-43(9-5-7-32)15-30(34,35)27(18)42-29(46)21-10-19(11-24-26(21)41-17-44(24)16-31(36,37)38)6-4-8-40-23-12-20(28(45)39-2)22(33)13-25(23)47-3/h10-13,17-18,27,40H,5,7-9,14-16H2,1-3H3,(H,39,45)(H,42,46)/t18-,27+/m0/s1. The molecule has 9 nitrogen and oxygen atoms in total. The van der Waals surface area contributed by atoms with Crippen molar-refractivity contribution in [2.75, 3.05) is 52.3 Å². The second-order valence-corrected chi connectivity index (χ2v) is 11.1. The summed E-state index contributed by atoms with van der Waals surface area (Å²) in [6.07, 6.45) is -3.63. The van der Waals surface area contributed by atoms with E-state index in [-0.39, 0.29) is 65.2 Å². The van der Waals surface area contributed by atoms with Gasteiger partial charge in [-0.3, -0.25) is 18.9 Å². The van der Waals surface area contributed by atoms with Crippen LogP contribution in [0.3, 0.4) is 0 Å². The molecule has 0 saturated carbocycles. The highest BCUT2D eigenvalue weighted by Gasteiger charge is 2.49. The topological polar surface area (TPSA) is 101 Å². The van der Waals surface area contributed by atoms with E-state index in [1.54, 1.807) is 0 Å². The Morgan fingerprint density at radius 3 is 2.53 bits per heavy atom. The third kappa shape index (κ3) is 8.45. The maximum Gasteiger partial charge on any atom is 0.406 e. The number of nitrogens with zero attached hydrogens (tertiary/aromatic N) is 3.